The van der Waals surface area contributed by atoms with E-state index in [-0.39, 0.29) is 5.82 Å². The number of terminal acetylenes is 1. The first kappa shape index (κ1) is 21.4. The third-order valence-corrected chi connectivity index (χ3v) is 4.75. The van der Waals surface area contributed by atoms with Gasteiger partial charge in [0.15, 0.2) is 0 Å². The predicted molar refractivity (Wildman–Crippen MR) is 115 cm³/mol. The Kier molecular flexibility index (Phi) is 8.09. The van der Waals surface area contributed by atoms with Crippen LogP contribution < -0.4 is 5.32 Å². The van der Waals surface area contributed by atoms with E-state index in [0.717, 1.165) is 22.0 Å². The van der Waals surface area contributed by atoms with Crippen LogP contribution in [0.1, 0.15) is 11.1 Å². The summed E-state index contributed by atoms with van der Waals surface area (Å²) in [5.74, 6) is 2.16. The Morgan fingerprint density at radius 2 is 1.86 bits per heavy atom. The number of nitrogens with zero attached hydrogens (tertiary/aromatic N) is 1. The number of hydrogen-bond acceptors (Lipinski definition) is 3. The molecule has 0 aliphatic carbocycles. The van der Waals surface area contributed by atoms with Crippen LogP contribution in [-0.2, 0) is 22.6 Å². The molecular weight excluding hydrogens is 391 g/mol. The van der Waals surface area contributed by atoms with Gasteiger partial charge in [-0.3, -0.25) is 0 Å². The summed E-state index contributed by atoms with van der Waals surface area (Å²) in [7, 11) is 0. The lowest BCUT2D eigenvalue weighted by atomic mass is 10.1. The van der Waals surface area contributed by atoms with Crippen LogP contribution in [-0.4, -0.2) is 37.5 Å². The molecule has 0 bridgehead atoms. The van der Waals surface area contributed by atoms with Crippen LogP contribution in [0, 0.1) is 18.2 Å². The first-order chi connectivity index (χ1) is 14.2. The SMILES string of the molecule is C#CCOCCOCCNCc1cc(F)cc2c1ccn2Cc1ccc(Cl)cc1. The Morgan fingerprint density at radius 1 is 1.07 bits per heavy atom. The van der Waals surface area contributed by atoms with E-state index in [1.807, 2.05) is 41.1 Å². The molecule has 3 aromatic rings. The third kappa shape index (κ3) is 6.31. The van der Waals surface area contributed by atoms with Crippen molar-refractivity contribution >= 4 is 22.5 Å². The molecule has 3 rings (SSSR count). The number of hydrogen-bond donors (Lipinski definition) is 1. The number of rotatable bonds is 11. The van der Waals surface area contributed by atoms with Crippen molar-refractivity contribution in [1.82, 2.24) is 9.88 Å². The summed E-state index contributed by atoms with van der Waals surface area (Å²) in [4.78, 5) is 0. The van der Waals surface area contributed by atoms with Crippen LogP contribution in [0.5, 0.6) is 0 Å². The molecule has 0 saturated carbocycles. The van der Waals surface area contributed by atoms with Gasteiger partial charge in [-0.25, -0.2) is 4.39 Å². The minimum Gasteiger partial charge on any atom is -0.378 e. The molecule has 1 heterocycles. The topological polar surface area (TPSA) is 35.4 Å². The standard InChI is InChI=1S/C23H24ClFN2O2/c1-2-10-28-12-13-29-11-8-26-16-19-14-21(25)15-23-22(19)7-9-27(23)17-18-3-5-20(24)6-4-18/h1,3-7,9,14-15,26H,8,10-13,16-17H2. The average molecular weight is 415 g/mol. The highest BCUT2D eigenvalue weighted by Crippen LogP contribution is 2.23. The predicted octanol–water partition coefficient (Wildman–Crippen LogP) is 4.24. The lowest BCUT2D eigenvalue weighted by Crippen LogP contribution is -2.20. The quantitative estimate of drug-likeness (QED) is 0.376. The second kappa shape index (κ2) is 11.0. The summed E-state index contributed by atoms with van der Waals surface area (Å²) >= 11 is 5.95. The molecule has 29 heavy (non-hydrogen) atoms. The number of ether oxygens (including phenoxy) is 2. The Labute approximate surface area is 175 Å². The van der Waals surface area contributed by atoms with Gasteiger partial charge >= 0.3 is 0 Å². The maximum absolute atomic E-state index is 14.2. The summed E-state index contributed by atoms with van der Waals surface area (Å²) < 4.78 is 26.9. The molecule has 0 spiro atoms. The van der Waals surface area contributed by atoms with Crippen molar-refractivity contribution in [2.24, 2.45) is 0 Å². The van der Waals surface area contributed by atoms with Gasteiger partial charge in [-0.05, 0) is 41.5 Å². The third-order valence-electron chi connectivity index (χ3n) is 4.50. The zero-order valence-corrected chi connectivity index (χ0v) is 16.9. The molecule has 0 fully saturated rings. The molecule has 6 heteroatoms. The monoisotopic (exact) mass is 414 g/mol. The minimum atomic E-state index is -0.243. The molecule has 0 unspecified atom stereocenters. The maximum atomic E-state index is 14.2. The van der Waals surface area contributed by atoms with E-state index >= 15 is 0 Å². The van der Waals surface area contributed by atoms with E-state index in [0.29, 0.717) is 51.1 Å². The maximum Gasteiger partial charge on any atom is 0.125 e. The van der Waals surface area contributed by atoms with Crippen molar-refractivity contribution in [3.63, 3.8) is 0 Å². The van der Waals surface area contributed by atoms with Crippen LogP contribution in [0.2, 0.25) is 5.02 Å². The molecule has 4 nitrogen and oxygen atoms in total. The lowest BCUT2D eigenvalue weighted by molar-refractivity contribution is 0.0613. The normalized spacial score (nSPS) is 11.1. The van der Waals surface area contributed by atoms with Gasteiger partial charge in [0.2, 0.25) is 0 Å². The van der Waals surface area contributed by atoms with Gasteiger partial charge in [-0.1, -0.05) is 29.7 Å². The molecule has 1 N–H and O–H groups in total. The highest BCUT2D eigenvalue weighted by atomic mass is 35.5. The van der Waals surface area contributed by atoms with Crippen molar-refractivity contribution in [1.29, 1.82) is 0 Å². The van der Waals surface area contributed by atoms with Crippen molar-refractivity contribution < 1.29 is 13.9 Å². The van der Waals surface area contributed by atoms with E-state index in [4.69, 9.17) is 27.5 Å². The van der Waals surface area contributed by atoms with Gasteiger partial charge in [0.1, 0.15) is 12.4 Å². The second-order valence-electron chi connectivity index (χ2n) is 6.61. The highest BCUT2D eigenvalue weighted by molar-refractivity contribution is 6.30. The number of fused-ring (bicyclic) bond motifs is 1. The van der Waals surface area contributed by atoms with Crippen LogP contribution in [0.25, 0.3) is 10.9 Å². The largest absolute Gasteiger partial charge is 0.378 e. The van der Waals surface area contributed by atoms with Crippen LogP contribution in [0.4, 0.5) is 4.39 Å². The second-order valence-corrected chi connectivity index (χ2v) is 7.05. The van der Waals surface area contributed by atoms with Crippen LogP contribution in [0.15, 0.2) is 48.7 Å². The summed E-state index contributed by atoms with van der Waals surface area (Å²) in [5, 5.41) is 5.04. The van der Waals surface area contributed by atoms with Crippen LogP contribution in [0.3, 0.4) is 0 Å². The fourth-order valence-electron chi connectivity index (χ4n) is 3.12. The molecule has 0 amide bonds. The van der Waals surface area contributed by atoms with Crippen molar-refractivity contribution in [2.75, 3.05) is 33.0 Å². The molecule has 2 aromatic carbocycles. The highest BCUT2D eigenvalue weighted by Gasteiger charge is 2.09. The number of halogens is 2. The fraction of sp³-hybridized carbons (Fsp3) is 0.304. The molecule has 0 saturated heterocycles. The van der Waals surface area contributed by atoms with Crippen molar-refractivity contribution in [3.05, 3.63) is 70.6 Å². The Bertz CT molecular complexity index is 963. The van der Waals surface area contributed by atoms with E-state index < -0.39 is 0 Å². The molecule has 0 atom stereocenters. The lowest BCUT2D eigenvalue weighted by Gasteiger charge is -2.10. The van der Waals surface area contributed by atoms with Crippen molar-refractivity contribution in [2.45, 2.75) is 13.1 Å². The Morgan fingerprint density at radius 3 is 2.66 bits per heavy atom. The van der Waals surface area contributed by atoms with Gasteiger partial charge in [-0.2, -0.15) is 0 Å². The Balaban J connectivity index is 1.56. The molecule has 1 aromatic heterocycles. The molecule has 0 aliphatic heterocycles. The summed E-state index contributed by atoms with van der Waals surface area (Å²) in [6, 6.07) is 12.9. The van der Waals surface area contributed by atoms with Crippen molar-refractivity contribution in [3.8, 4) is 12.3 Å². The van der Waals surface area contributed by atoms with Crippen LogP contribution >= 0.6 is 11.6 Å². The molecule has 0 aliphatic rings. The first-order valence-electron chi connectivity index (χ1n) is 9.49. The van der Waals surface area contributed by atoms with E-state index in [9.17, 15) is 4.39 Å². The van der Waals surface area contributed by atoms with Gasteiger partial charge in [0.25, 0.3) is 0 Å². The Hall–Kier alpha value is -2.36. The van der Waals surface area contributed by atoms with E-state index in [2.05, 4.69) is 11.2 Å². The summed E-state index contributed by atoms with van der Waals surface area (Å²) in [6.45, 7) is 3.72. The van der Waals surface area contributed by atoms with Gasteiger partial charge in [0.05, 0.1) is 25.3 Å². The molecular formula is C23H24ClFN2O2. The van der Waals surface area contributed by atoms with E-state index in [1.54, 1.807) is 12.1 Å². The molecule has 0 radical (unpaired) electrons. The van der Waals surface area contributed by atoms with Gasteiger partial charge < -0.3 is 19.4 Å². The average Bonchev–Trinajstić information content (AvgIpc) is 3.11. The smallest absolute Gasteiger partial charge is 0.125 e. The number of benzene rings is 2. The number of nitrogens with one attached hydrogen (secondary N) is 1. The summed E-state index contributed by atoms with van der Waals surface area (Å²) in [6.07, 6.45) is 7.09. The molecule has 152 valence electrons. The van der Waals surface area contributed by atoms with Gasteiger partial charge in [-0.15, -0.1) is 6.42 Å². The zero-order valence-electron chi connectivity index (χ0n) is 16.2. The minimum absolute atomic E-state index is 0.243. The fourth-order valence-corrected chi connectivity index (χ4v) is 3.25. The summed E-state index contributed by atoms with van der Waals surface area (Å²) in [5.41, 5.74) is 2.91. The van der Waals surface area contributed by atoms with Gasteiger partial charge in [0, 0.05) is 36.2 Å². The number of aromatic nitrogens is 1. The van der Waals surface area contributed by atoms with E-state index in [1.165, 1.54) is 0 Å². The zero-order chi connectivity index (χ0) is 20.5. The first-order valence-corrected chi connectivity index (χ1v) is 9.86.